The van der Waals surface area contributed by atoms with E-state index in [4.69, 9.17) is 16.9 Å². The highest BCUT2D eigenvalue weighted by Gasteiger charge is 2.23. The second-order valence-electron chi connectivity index (χ2n) is 2.99. The molecule has 0 aliphatic heterocycles. The van der Waals surface area contributed by atoms with Crippen LogP contribution in [0.1, 0.15) is 12.5 Å². The number of nitrogens with zero attached hydrogens (tertiary/aromatic N) is 1. The van der Waals surface area contributed by atoms with Crippen molar-refractivity contribution < 1.29 is 0 Å². The van der Waals surface area contributed by atoms with Crippen LogP contribution in [-0.4, -0.2) is 7.05 Å². The van der Waals surface area contributed by atoms with Crippen molar-refractivity contribution in [3.05, 3.63) is 34.9 Å². The Kier molecular flexibility index (Phi) is 2.92. The Hall–Kier alpha value is -1.04. The Morgan fingerprint density at radius 1 is 1.38 bits per heavy atom. The van der Waals surface area contributed by atoms with Gasteiger partial charge in [0.1, 0.15) is 5.54 Å². The molecule has 3 heteroatoms. The van der Waals surface area contributed by atoms with Crippen molar-refractivity contribution in [1.29, 1.82) is 5.26 Å². The van der Waals surface area contributed by atoms with Crippen LogP contribution < -0.4 is 5.32 Å². The van der Waals surface area contributed by atoms with Crippen LogP contribution in [0.25, 0.3) is 0 Å². The number of hydrogen-bond donors (Lipinski definition) is 1. The average molecular weight is 195 g/mol. The lowest BCUT2D eigenvalue weighted by Gasteiger charge is -2.20. The molecule has 1 atom stereocenters. The Morgan fingerprint density at radius 2 is 1.92 bits per heavy atom. The molecule has 0 aliphatic rings. The van der Waals surface area contributed by atoms with Crippen LogP contribution in [0.3, 0.4) is 0 Å². The molecule has 0 fully saturated rings. The third kappa shape index (κ3) is 2.00. The van der Waals surface area contributed by atoms with Gasteiger partial charge in [0.2, 0.25) is 0 Å². The highest BCUT2D eigenvalue weighted by Crippen LogP contribution is 2.20. The van der Waals surface area contributed by atoms with Crippen LogP contribution in [0.2, 0.25) is 5.02 Å². The Morgan fingerprint density at radius 3 is 2.31 bits per heavy atom. The number of rotatable bonds is 2. The van der Waals surface area contributed by atoms with Gasteiger partial charge in [-0.15, -0.1) is 0 Å². The van der Waals surface area contributed by atoms with E-state index >= 15 is 0 Å². The summed E-state index contributed by atoms with van der Waals surface area (Å²) in [5.74, 6) is 0. The molecule has 68 valence electrons. The molecule has 0 amide bonds. The largest absolute Gasteiger partial charge is 0.299 e. The van der Waals surface area contributed by atoms with Crippen LogP contribution in [0, 0.1) is 11.3 Å². The maximum atomic E-state index is 8.96. The summed E-state index contributed by atoms with van der Waals surface area (Å²) < 4.78 is 0. The van der Waals surface area contributed by atoms with Crippen molar-refractivity contribution in [3.63, 3.8) is 0 Å². The molecule has 0 saturated carbocycles. The molecule has 1 aromatic rings. The fraction of sp³-hybridized carbons (Fsp3) is 0.300. The minimum absolute atomic E-state index is 0.634. The molecule has 1 N–H and O–H groups in total. The van der Waals surface area contributed by atoms with E-state index in [0.717, 1.165) is 5.56 Å². The second kappa shape index (κ2) is 3.78. The fourth-order valence-corrected chi connectivity index (χ4v) is 1.17. The van der Waals surface area contributed by atoms with Gasteiger partial charge < -0.3 is 0 Å². The third-order valence-corrected chi connectivity index (χ3v) is 2.40. The van der Waals surface area contributed by atoms with E-state index in [2.05, 4.69) is 11.4 Å². The van der Waals surface area contributed by atoms with Gasteiger partial charge in [-0.2, -0.15) is 5.26 Å². The molecule has 0 radical (unpaired) electrons. The minimum Gasteiger partial charge on any atom is -0.299 e. The van der Waals surface area contributed by atoms with E-state index in [1.165, 1.54) is 0 Å². The molecule has 1 unspecified atom stereocenters. The summed E-state index contributed by atoms with van der Waals surface area (Å²) in [5, 5.41) is 12.6. The minimum atomic E-state index is -0.634. The first-order valence-electron chi connectivity index (χ1n) is 3.98. The smallest absolute Gasteiger partial charge is 0.129 e. The molecular weight excluding hydrogens is 184 g/mol. The first-order valence-corrected chi connectivity index (χ1v) is 4.36. The summed E-state index contributed by atoms with van der Waals surface area (Å²) in [6.07, 6.45) is 0. The first kappa shape index (κ1) is 10.0. The molecule has 1 rings (SSSR count). The quantitative estimate of drug-likeness (QED) is 0.784. The van der Waals surface area contributed by atoms with E-state index in [9.17, 15) is 0 Å². The summed E-state index contributed by atoms with van der Waals surface area (Å²) in [7, 11) is 1.76. The van der Waals surface area contributed by atoms with Crippen LogP contribution in [0.5, 0.6) is 0 Å². The Labute approximate surface area is 83.1 Å². The van der Waals surface area contributed by atoms with Gasteiger partial charge in [-0.05, 0) is 31.7 Å². The van der Waals surface area contributed by atoms with Gasteiger partial charge >= 0.3 is 0 Å². The number of benzene rings is 1. The first-order chi connectivity index (χ1) is 6.12. The van der Waals surface area contributed by atoms with Crippen molar-refractivity contribution in [2.75, 3.05) is 7.05 Å². The summed E-state index contributed by atoms with van der Waals surface area (Å²) in [6.45, 7) is 1.83. The molecule has 0 spiro atoms. The zero-order chi connectivity index (χ0) is 9.90. The number of nitrogens with one attached hydrogen (secondary N) is 1. The fourth-order valence-electron chi connectivity index (χ4n) is 1.05. The molecule has 0 aromatic heterocycles. The van der Waals surface area contributed by atoms with E-state index in [-0.39, 0.29) is 0 Å². The zero-order valence-electron chi connectivity index (χ0n) is 7.63. The van der Waals surface area contributed by atoms with E-state index in [0.29, 0.717) is 5.02 Å². The van der Waals surface area contributed by atoms with Crippen molar-refractivity contribution in [3.8, 4) is 6.07 Å². The number of halogens is 1. The van der Waals surface area contributed by atoms with Gasteiger partial charge in [0.25, 0.3) is 0 Å². The predicted molar refractivity (Wildman–Crippen MR) is 53.5 cm³/mol. The van der Waals surface area contributed by atoms with Crippen LogP contribution in [0.15, 0.2) is 24.3 Å². The lowest BCUT2D eigenvalue weighted by Crippen LogP contribution is -2.34. The molecule has 13 heavy (non-hydrogen) atoms. The van der Waals surface area contributed by atoms with Gasteiger partial charge in [0, 0.05) is 5.02 Å². The zero-order valence-corrected chi connectivity index (χ0v) is 8.39. The topological polar surface area (TPSA) is 35.8 Å². The third-order valence-electron chi connectivity index (χ3n) is 2.15. The molecular formula is C10H11ClN2. The average Bonchev–Trinajstić information content (AvgIpc) is 2.18. The summed E-state index contributed by atoms with van der Waals surface area (Å²) in [4.78, 5) is 0. The molecule has 0 heterocycles. The molecule has 0 bridgehead atoms. The van der Waals surface area contributed by atoms with Crippen molar-refractivity contribution >= 4 is 11.6 Å². The highest BCUT2D eigenvalue weighted by molar-refractivity contribution is 6.30. The second-order valence-corrected chi connectivity index (χ2v) is 3.43. The monoisotopic (exact) mass is 194 g/mol. The highest BCUT2D eigenvalue weighted by atomic mass is 35.5. The van der Waals surface area contributed by atoms with Crippen molar-refractivity contribution in [1.82, 2.24) is 5.32 Å². The lowest BCUT2D eigenvalue weighted by atomic mass is 9.94. The number of nitriles is 1. The van der Waals surface area contributed by atoms with Gasteiger partial charge in [-0.1, -0.05) is 23.7 Å². The summed E-state index contributed by atoms with van der Waals surface area (Å²) >= 11 is 5.74. The van der Waals surface area contributed by atoms with Gasteiger partial charge in [0.05, 0.1) is 6.07 Å². The SMILES string of the molecule is CNC(C)(C#N)c1ccc(Cl)cc1. The van der Waals surface area contributed by atoms with Gasteiger partial charge in [-0.25, -0.2) is 0 Å². The van der Waals surface area contributed by atoms with E-state index < -0.39 is 5.54 Å². The number of hydrogen-bond acceptors (Lipinski definition) is 2. The normalized spacial score (nSPS) is 14.6. The van der Waals surface area contributed by atoms with Crippen LogP contribution >= 0.6 is 11.6 Å². The Bertz CT molecular complexity index is 326. The summed E-state index contributed by atoms with van der Waals surface area (Å²) in [5.41, 5.74) is 0.284. The van der Waals surface area contributed by atoms with Crippen molar-refractivity contribution in [2.45, 2.75) is 12.5 Å². The van der Waals surface area contributed by atoms with E-state index in [1.54, 1.807) is 19.2 Å². The predicted octanol–water partition coefficient (Wildman–Crippen LogP) is 2.30. The standard InChI is InChI=1S/C10H11ClN2/c1-10(7-12,13-2)8-3-5-9(11)6-4-8/h3-6,13H,1-2H3. The molecule has 1 aromatic carbocycles. The molecule has 0 saturated heterocycles. The maximum Gasteiger partial charge on any atom is 0.129 e. The van der Waals surface area contributed by atoms with E-state index in [1.807, 2.05) is 19.1 Å². The van der Waals surface area contributed by atoms with Gasteiger partial charge in [0.15, 0.2) is 0 Å². The summed E-state index contributed by atoms with van der Waals surface area (Å²) in [6, 6.07) is 9.47. The van der Waals surface area contributed by atoms with Gasteiger partial charge in [-0.3, -0.25) is 5.32 Å². The lowest BCUT2D eigenvalue weighted by molar-refractivity contribution is 0.518. The molecule has 0 aliphatic carbocycles. The Balaban J connectivity index is 3.08. The van der Waals surface area contributed by atoms with Crippen LogP contribution in [0.4, 0.5) is 0 Å². The van der Waals surface area contributed by atoms with Crippen LogP contribution in [-0.2, 0) is 5.54 Å². The maximum absolute atomic E-state index is 8.96. The molecule has 2 nitrogen and oxygen atoms in total. The van der Waals surface area contributed by atoms with Crippen molar-refractivity contribution in [2.24, 2.45) is 0 Å².